The lowest BCUT2D eigenvalue weighted by atomic mass is 10.2. The normalized spacial score (nSPS) is 10.1. The van der Waals surface area contributed by atoms with Crippen LogP contribution in [0, 0.1) is 0 Å². The summed E-state index contributed by atoms with van der Waals surface area (Å²) < 4.78 is 0. The Morgan fingerprint density at radius 1 is 1.44 bits per heavy atom. The van der Waals surface area contributed by atoms with Crippen LogP contribution >= 0.6 is 0 Å². The number of tetrazole rings is 1. The third kappa shape index (κ3) is 2.78. The molecule has 1 amide bonds. The maximum atomic E-state index is 11.8. The van der Waals surface area contributed by atoms with E-state index in [1.807, 2.05) is 19.0 Å². The second kappa shape index (κ2) is 5.21. The minimum atomic E-state index is -0.224. The highest BCUT2D eigenvalue weighted by molar-refractivity contribution is 5.93. The van der Waals surface area contributed by atoms with Crippen molar-refractivity contribution in [1.82, 2.24) is 30.9 Å². The van der Waals surface area contributed by atoms with Gasteiger partial charge in [-0.15, -0.1) is 10.2 Å². The van der Waals surface area contributed by atoms with Crippen molar-refractivity contribution in [3.8, 4) is 0 Å². The molecule has 2 N–H and O–H groups in total. The molecule has 0 fully saturated rings. The number of H-pyrrole nitrogens is 1. The number of pyridine rings is 1. The van der Waals surface area contributed by atoms with Crippen molar-refractivity contribution >= 4 is 11.7 Å². The molecule has 2 rings (SSSR count). The first-order valence-corrected chi connectivity index (χ1v) is 5.30. The van der Waals surface area contributed by atoms with Crippen LogP contribution in [0.25, 0.3) is 0 Å². The van der Waals surface area contributed by atoms with Crippen molar-refractivity contribution in [1.29, 1.82) is 0 Å². The summed E-state index contributed by atoms with van der Waals surface area (Å²) >= 11 is 0. The SMILES string of the molecule is CN(C)c1ccc(C(=O)NCc2nn[nH]n2)cn1. The second-order valence-electron chi connectivity index (χ2n) is 3.81. The van der Waals surface area contributed by atoms with Gasteiger partial charge in [-0.05, 0) is 12.1 Å². The predicted molar refractivity (Wildman–Crippen MR) is 63.9 cm³/mol. The molecule has 0 aliphatic carbocycles. The molecule has 0 aliphatic heterocycles. The van der Waals surface area contributed by atoms with Gasteiger partial charge in [0.1, 0.15) is 5.82 Å². The van der Waals surface area contributed by atoms with E-state index >= 15 is 0 Å². The lowest BCUT2D eigenvalue weighted by Crippen LogP contribution is -2.23. The van der Waals surface area contributed by atoms with Gasteiger partial charge >= 0.3 is 0 Å². The Bertz CT molecular complexity index is 506. The Hall–Kier alpha value is -2.51. The van der Waals surface area contributed by atoms with Gasteiger partial charge in [0.25, 0.3) is 5.91 Å². The fourth-order valence-corrected chi connectivity index (χ4v) is 1.30. The molecule has 0 radical (unpaired) electrons. The average Bonchev–Trinajstić information content (AvgIpc) is 2.89. The van der Waals surface area contributed by atoms with Crippen molar-refractivity contribution < 1.29 is 4.79 Å². The summed E-state index contributed by atoms with van der Waals surface area (Å²) in [6.07, 6.45) is 1.53. The monoisotopic (exact) mass is 247 g/mol. The van der Waals surface area contributed by atoms with Crippen LogP contribution in [0.1, 0.15) is 16.2 Å². The molecule has 94 valence electrons. The van der Waals surface area contributed by atoms with E-state index in [4.69, 9.17) is 0 Å². The van der Waals surface area contributed by atoms with Crippen molar-refractivity contribution in [3.05, 3.63) is 29.7 Å². The van der Waals surface area contributed by atoms with Crippen LogP contribution < -0.4 is 10.2 Å². The van der Waals surface area contributed by atoms with Crippen molar-refractivity contribution in [3.63, 3.8) is 0 Å². The molecule has 0 saturated heterocycles. The highest BCUT2D eigenvalue weighted by Gasteiger charge is 2.07. The van der Waals surface area contributed by atoms with E-state index in [0.29, 0.717) is 11.4 Å². The lowest BCUT2D eigenvalue weighted by molar-refractivity contribution is 0.0949. The zero-order valence-electron chi connectivity index (χ0n) is 10.1. The molecule has 0 atom stereocenters. The van der Waals surface area contributed by atoms with E-state index in [1.165, 1.54) is 6.20 Å². The molecular formula is C10H13N7O. The first-order valence-electron chi connectivity index (χ1n) is 5.30. The summed E-state index contributed by atoms with van der Waals surface area (Å²) in [4.78, 5) is 17.8. The van der Waals surface area contributed by atoms with E-state index in [2.05, 4.69) is 30.9 Å². The molecule has 8 nitrogen and oxygen atoms in total. The van der Waals surface area contributed by atoms with Crippen LogP contribution in [-0.2, 0) is 6.54 Å². The third-order valence-electron chi connectivity index (χ3n) is 2.26. The summed E-state index contributed by atoms with van der Waals surface area (Å²) in [7, 11) is 3.77. The first-order chi connectivity index (χ1) is 8.66. The standard InChI is InChI=1S/C10H13N7O/c1-17(2)9-4-3-7(5-11-9)10(18)12-6-8-13-15-16-14-8/h3-5H,6H2,1-2H3,(H,12,18)(H,13,14,15,16). The summed E-state index contributed by atoms with van der Waals surface area (Å²) in [5, 5.41) is 15.9. The number of carbonyl (C=O) groups excluding carboxylic acids is 1. The number of carbonyl (C=O) groups is 1. The third-order valence-corrected chi connectivity index (χ3v) is 2.26. The molecule has 0 unspecified atom stereocenters. The Balaban J connectivity index is 1.96. The number of nitrogens with one attached hydrogen (secondary N) is 2. The lowest BCUT2D eigenvalue weighted by Gasteiger charge is -2.10. The average molecular weight is 247 g/mol. The molecule has 0 aromatic carbocycles. The van der Waals surface area contributed by atoms with E-state index in [9.17, 15) is 4.79 Å². The van der Waals surface area contributed by atoms with Gasteiger partial charge in [-0.2, -0.15) is 5.21 Å². The Morgan fingerprint density at radius 2 is 2.28 bits per heavy atom. The van der Waals surface area contributed by atoms with Gasteiger partial charge in [-0.25, -0.2) is 4.98 Å². The maximum Gasteiger partial charge on any atom is 0.253 e. The molecule has 2 aromatic heterocycles. The molecule has 0 aliphatic rings. The van der Waals surface area contributed by atoms with Gasteiger partial charge in [0.2, 0.25) is 0 Å². The summed E-state index contributed by atoms with van der Waals surface area (Å²) in [5.41, 5.74) is 0.490. The number of hydrogen-bond acceptors (Lipinski definition) is 6. The summed E-state index contributed by atoms with van der Waals surface area (Å²) in [6, 6.07) is 3.50. The largest absolute Gasteiger partial charge is 0.363 e. The second-order valence-corrected chi connectivity index (χ2v) is 3.81. The highest BCUT2D eigenvalue weighted by atomic mass is 16.1. The molecular weight excluding hydrogens is 234 g/mol. The van der Waals surface area contributed by atoms with E-state index in [-0.39, 0.29) is 12.5 Å². The van der Waals surface area contributed by atoms with Crippen LogP contribution in [0.2, 0.25) is 0 Å². The highest BCUT2D eigenvalue weighted by Crippen LogP contribution is 2.07. The molecule has 0 spiro atoms. The van der Waals surface area contributed by atoms with E-state index < -0.39 is 0 Å². The number of anilines is 1. The summed E-state index contributed by atoms with van der Waals surface area (Å²) in [6.45, 7) is 0.227. The fraction of sp³-hybridized carbons (Fsp3) is 0.300. The summed E-state index contributed by atoms with van der Waals surface area (Å²) in [5.74, 6) is 1.00. The number of rotatable bonds is 4. The van der Waals surface area contributed by atoms with Crippen LogP contribution in [-0.4, -0.2) is 45.6 Å². The molecule has 2 aromatic rings. The van der Waals surface area contributed by atoms with Crippen molar-refractivity contribution in [2.24, 2.45) is 0 Å². The Kier molecular flexibility index (Phi) is 3.46. The van der Waals surface area contributed by atoms with Crippen LogP contribution in [0.5, 0.6) is 0 Å². The molecule has 0 saturated carbocycles. The zero-order valence-corrected chi connectivity index (χ0v) is 10.1. The van der Waals surface area contributed by atoms with Crippen molar-refractivity contribution in [2.45, 2.75) is 6.54 Å². The number of hydrogen-bond donors (Lipinski definition) is 2. The van der Waals surface area contributed by atoms with Gasteiger partial charge < -0.3 is 10.2 Å². The number of aromatic amines is 1. The van der Waals surface area contributed by atoms with Crippen LogP contribution in [0.4, 0.5) is 5.82 Å². The quantitative estimate of drug-likeness (QED) is 0.762. The minimum Gasteiger partial charge on any atom is -0.363 e. The van der Waals surface area contributed by atoms with Gasteiger partial charge in [-0.1, -0.05) is 5.21 Å². The fourth-order valence-electron chi connectivity index (χ4n) is 1.30. The minimum absolute atomic E-state index is 0.224. The number of amides is 1. The molecule has 2 heterocycles. The van der Waals surface area contributed by atoms with Gasteiger partial charge in [0.15, 0.2) is 5.82 Å². The number of nitrogens with zero attached hydrogens (tertiary/aromatic N) is 5. The molecule has 18 heavy (non-hydrogen) atoms. The zero-order chi connectivity index (χ0) is 13.0. The van der Waals surface area contributed by atoms with E-state index in [0.717, 1.165) is 5.82 Å². The van der Waals surface area contributed by atoms with Crippen molar-refractivity contribution in [2.75, 3.05) is 19.0 Å². The molecule has 8 heteroatoms. The topological polar surface area (TPSA) is 99.7 Å². The van der Waals surface area contributed by atoms with E-state index in [1.54, 1.807) is 12.1 Å². The van der Waals surface area contributed by atoms with Gasteiger partial charge in [-0.3, -0.25) is 4.79 Å². The van der Waals surface area contributed by atoms with Gasteiger partial charge in [0.05, 0.1) is 12.1 Å². The predicted octanol–water partition coefficient (Wildman–Crippen LogP) is -0.409. The Morgan fingerprint density at radius 3 is 2.83 bits per heavy atom. The van der Waals surface area contributed by atoms with Gasteiger partial charge in [0, 0.05) is 20.3 Å². The smallest absolute Gasteiger partial charge is 0.253 e. The Labute approximate surface area is 103 Å². The number of aromatic nitrogens is 5. The maximum absolute atomic E-state index is 11.8. The van der Waals surface area contributed by atoms with Crippen LogP contribution in [0.3, 0.4) is 0 Å². The van der Waals surface area contributed by atoms with Crippen LogP contribution in [0.15, 0.2) is 18.3 Å². The first kappa shape index (κ1) is 12.0. The molecule has 0 bridgehead atoms.